The van der Waals surface area contributed by atoms with E-state index in [2.05, 4.69) is 15.5 Å². The van der Waals surface area contributed by atoms with E-state index in [-0.39, 0.29) is 17.9 Å². The standard InChI is InChI=1S/C24H25N3O5/c1-29-19-3-5-22-16(9-19)8-17(13-31-22)24(28)27-21-4-2-15(18-11-25-26-12-18)10-23(21)32-20-6-7-30-14-20/h2-5,9-12,17,20H,6-8,13-14H2,1H3,(H,25,26)(H,27,28)/t17-,20+/m1/s1. The lowest BCUT2D eigenvalue weighted by Gasteiger charge is -2.25. The van der Waals surface area contributed by atoms with Crippen molar-refractivity contribution >= 4 is 11.6 Å². The number of aromatic nitrogens is 2. The van der Waals surface area contributed by atoms with Crippen LogP contribution in [0.4, 0.5) is 5.69 Å². The van der Waals surface area contributed by atoms with Gasteiger partial charge in [0.1, 0.15) is 30.0 Å². The largest absolute Gasteiger partial charge is 0.497 e. The normalized spacial score (nSPS) is 19.7. The Morgan fingerprint density at radius 1 is 1.19 bits per heavy atom. The molecule has 2 aliphatic heterocycles. The van der Waals surface area contributed by atoms with E-state index in [1.54, 1.807) is 13.3 Å². The molecule has 0 bridgehead atoms. The zero-order valence-corrected chi connectivity index (χ0v) is 17.8. The summed E-state index contributed by atoms with van der Waals surface area (Å²) in [4.78, 5) is 13.1. The quantitative estimate of drug-likeness (QED) is 0.616. The van der Waals surface area contributed by atoms with E-state index in [0.717, 1.165) is 34.6 Å². The molecule has 2 aliphatic rings. The molecule has 0 spiro atoms. The fourth-order valence-electron chi connectivity index (χ4n) is 4.00. The molecule has 5 rings (SSSR count). The molecule has 3 aromatic rings. The Kier molecular flexibility index (Phi) is 5.68. The molecule has 166 valence electrons. The van der Waals surface area contributed by atoms with Gasteiger partial charge in [-0.15, -0.1) is 0 Å². The summed E-state index contributed by atoms with van der Waals surface area (Å²) < 4.78 is 22.8. The van der Waals surface area contributed by atoms with Gasteiger partial charge in [-0.3, -0.25) is 9.89 Å². The summed E-state index contributed by atoms with van der Waals surface area (Å²) >= 11 is 0. The van der Waals surface area contributed by atoms with Crippen LogP contribution in [0.3, 0.4) is 0 Å². The Bertz CT molecular complexity index is 1090. The molecule has 0 aliphatic carbocycles. The summed E-state index contributed by atoms with van der Waals surface area (Å²) in [5, 5.41) is 9.89. The fourth-order valence-corrected chi connectivity index (χ4v) is 4.00. The van der Waals surface area contributed by atoms with Crippen molar-refractivity contribution in [3.8, 4) is 28.4 Å². The Morgan fingerprint density at radius 3 is 2.91 bits per heavy atom. The van der Waals surface area contributed by atoms with E-state index in [0.29, 0.717) is 37.7 Å². The van der Waals surface area contributed by atoms with E-state index in [4.69, 9.17) is 18.9 Å². The van der Waals surface area contributed by atoms with Crippen LogP contribution in [-0.2, 0) is 16.0 Å². The van der Waals surface area contributed by atoms with Crippen LogP contribution in [0, 0.1) is 5.92 Å². The number of carbonyl (C=O) groups excluding carboxylic acids is 1. The molecule has 0 radical (unpaired) electrons. The first-order valence-electron chi connectivity index (χ1n) is 10.7. The highest BCUT2D eigenvalue weighted by atomic mass is 16.5. The Morgan fingerprint density at radius 2 is 2.12 bits per heavy atom. The summed E-state index contributed by atoms with van der Waals surface area (Å²) in [6, 6.07) is 11.4. The predicted molar refractivity (Wildman–Crippen MR) is 118 cm³/mol. The summed E-state index contributed by atoms with van der Waals surface area (Å²) in [6.45, 7) is 1.54. The minimum absolute atomic E-state index is 0.0393. The number of benzene rings is 2. The number of amides is 1. The number of nitrogens with one attached hydrogen (secondary N) is 2. The average Bonchev–Trinajstić information content (AvgIpc) is 3.54. The number of carbonyl (C=O) groups is 1. The number of methoxy groups -OCH3 is 1. The lowest BCUT2D eigenvalue weighted by molar-refractivity contribution is -0.121. The highest BCUT2D eigenvalue weighted by Gasteiger charge is 2.28. The number of anilines is 1. The number of hydrogen-bond donors (Lipinski definition) is 2. The maximum Gasteiger partial charge on any atom is 0.231 e. The van der Waals surface area contributed by atoms with Crippen LogP contribution in [0.5, 0.6) is 17.2 Å². The van der Waals surface area contributed by atoms with Gasteiger partial charge in [-0.2, -0.15) is 5.10 Å². The highest BCUT2D eigenvalue weighted by molar-refractivity contribution is 5.95. The Hall–Kier alpha value is -3.52. The van der Waals surface area contributed by atoms with E-state index < -0.39 is 0 Å². The Labute approximate surface area is 185 Å². The van der Waals surface area contributed by atoms with Crippen molar-refractivity contribution in [1.82, 2.24) is 10.2 Å². The SMILES string of the molecule is COc1ccc2c(c1)C[C@@H](C(=O)Nc1ccc(-c3cn[nH]c3)cc1O[C@H]1CCOC1)CO2. The fraction of sp³-hybridized carbons (Fsp3) is 0.333. The minimum atomic E-state index is -0.314. The first-order chi connectivity index (χ1) is 15.7. The van der Waals surface area contributed by atoms with Crippen molar-refractivity contribution in [1.29, 1.82) is 0 Å². The van der Waals surface area contributed by atoms with Crippen LogP contribution >= 0.6 is 0 Å². The third-order valence-corrected chi connectivity index (χ3v) is 5.80. The van der Waals surface area contributed by atoms with Gasteiger partial charge >= 0.3 is 0 Å². The van der Waals surface area contributed by atoms with Gasteiger partial charge in [0.25, 0.3) is 0 Å². The molecule has 1 fully saturated rings. The van der Waals surface area contributed by atoms with Gasteiger partial charge in [0.15, 0.2) is 0 Å². The second-order valence-electron chi connectivity index (χ2n) is 7.98. The van der Waals surface area contributed by atoms with Crippen molar-refractivity contribution in [2.45, 2.75) is 18.9 Å². The van der Waals surface area contributed by atoms with Crippen molar-refractivity contribution in [2.75, 3.05) is 32.2 Å². The molecular weight excluding hydrogens is 410 g/mol. The topological polar surface area (TPSA) is 94.7 Å². The van der Waals surface area contributed by atoms with Gasteiger partial charge in [-0.25, -0.2) is 0 Å². The van der Waals surface area contributed by atoms with Gasteiger partial charge in [-0.1, -0.05) is 6.07 Å². The Balaban J connectivity index is 1.36. The molecule has 3 heterocycles. The third-order valence-electron chi connectivity index (χ3n) is 5.80. The number of hydrogen-bond acceptors (Lipinski definition) is 6. The van der Waals surface area contributed by atoms with Gasteiger partial charge in [0.2, 0.25) is 5.91 Å². The number of rotatable bonds is 6. The van der Waals surface area contributed by atoms with Crippen molar-refractivity contribution in [3.05, 3.63) is 54.4 Å². The molecule has 2 aromatic carbocycles. The van der Waals surface area contributed by atoms with Crippen molar-refractivity contribution in [3.63, 3.8) is 0 Å². The summed E-state index contributed by atoms with van der Waals surface area (Å²) in [5.41, 5.74) is 3.49. The molecule has 32 heavy (non-hydrogen) atoms. The maximum atomic E-state index is 13.1. The maximum absolute atomic E-state index is 13.1. The number of ether oxygens (including phenoxy) is 4. The molecule has 2 N–H and O–H groups in total. The lowest BCUT2D eigenvalue weighted by Crippen LogP contribution is -2.32. The van der Waals surface area contributed by atoms with Gasteiger partial charge < -0.3 is 24.3 Å². The first kappa shape index (κ1) is 20.4. The van der Waals surface area contributed by atoms with Crippen LogP contribution in [0.1, 0.15) is 12.0 Å². The van der Waals surface area contributed by atoms with E-state index in [1.807, 2.05) is 42.6 Å². The van der Waals surface area contributed by atoms with Gasteiger partial charge in [-0.05, 0) is 47.9 Å². The summed E-state index contributed by atoms with van der Waals surface area (Å²) in [6.07, 6.45) is 4.93. The minimum Gasteiger partial charge on any atom is -0.497 e. The van der Waals surface area contributed by atoms with E-state index >= 15 is 0 Å². The molecule has 1 amide bonds. The molecule has 1 aromatic heterocycles. The number of aromatic amines is 1. The molecule has 8 nitrogen and oxygen atoms in total. The highest BCUT2D eigenvalue weighted by Crippen LogP contribution is 2.34. The number of nitrogens with zero attached hydrogens (tertiary/aromatic N) is 1. The molecule has 0 unspecified atom stereocenters. The second kappa shape index (κ2) is 8.92. The number of H-pyrrole nitrogens is 1. The predicted octanol–water partition coefficient (Wildman–Crippen LogP) is 3.44. The average molecular weight is 435 g/mol. The van der Waals surface area contributed by atoms with Crippen molar-refractivity contribution < 1.29 is 23.7 Å². The van der Waals surface area contributed by atoms with Crippen LogP contribution in [0.25, 0.3) is 11.1 Å². The summed E-state index contributed by atoms with van der Waals surface area (Å²) in [7, 11) is 1.62. The van der Waals surface area contributed by atoms with Crippen LogP contribution in [0.2, 0.25) is 0 Å². The van der Waals surface area contributed by atoms with Gasteiger partial charge in [0, 0.05) is 18.2 Å². The summed E-state index contributed by atoms with van der Waals surface area (Å²) in [5.74, 6) is 1.74. The van der Waals surface area contributed by atoms with Crippen LogP contribution < -0.4 is 19.5 Å². The van der Waals surface area contributed by atoms with E-state index in [9.17, 15) is 4.79 Å². The van der Waals surface area contributed by atoms with Crippen LogP contribution in [0.15, 0.2) is 48.8 Å². The number of fused-ring (bicyclic) bond motifs is 1. The van der Waals surface area contributed by atoms with Gasteiger partial charge in [0.05, 0.1) is 38.1 Å². The third kappa shape index (κ3) is 4.27. The molecule has 2 atom stereocenters. The molecule has 8 heteroatoms. The molecule has 0 saturated carbocycles. The van der Waals surface area contributed by atoms with E-state index in [1.165, 1.54) is 0 Å². The zero-order chi connectivity index (χ0) is 21.9. The smallest absolute Gasteiger partial charge is 0.231 e. The monoisotopic (exact) mass is 435 g/mol. The zero-order valence-electron chi connectivity index (χ0n) is 17.8. The molecule has 1 saturated heterocycles. The lowest BCUT2D eigenvalue weighted by atomic mass is 9.95. The molecular formula is C24H25N3O5. The first-order valence-corrected chi connectivity index (χ1v) is 10.7. The van der Waals surface area contributed by atoms with Crippen LogP contribution in [-0.4, -0.2) is 49.1 Å². The second-order valence-corrected chi connectivity index (χ2v) is 7.98. The van der Waals surface area contributed by atoms with Crippen molar-refractivity contribution in [2.24, 2.45) is 5.92 Å².